The molecule has 35 heavy (non-hydrogen) atoms. The van der Waals surface area contributed by atoms with Crippen molar-refractivity contribution in [3.63, 3.8) is 0 Å². The first kappa shape index (κ1) is 34.8. The molecule has 0 saturated heterocycles. The molecule has 2 unspecified atom stereocenters. The molecule has 2 N–H and O–H groups in total. The third-order valence-corrected chi connectivity index (χ3v) is 6.67. The lowest BCUT2D eigenvalue weighted by atomic mass is 10.1. The van der Waals surface area contributed by atoms with Gasteiger partial charge in [-0.2, -0.15) is 0 Å². The molecule has 0 rings (SSSR count). The zero-order valence-corrected chi connectivity index (χ0v) is 24.0. The van der Waals surface area contributed by atoms with Crippen LogP contribution in [0.3, 0.4) is 0 Å². The van der Waals surface area contributed by atoms with E-state index in [1.165, 1.54) is 96.3 Å². The summed E-state index contributed by atoms with van der Waals surface area (Å²) in [6.07, 6.45) is 21.6. The van der Waals surface area contributed by atoms with Crippen molar-refractivity contribution in [2.45, 2.75) is 149 Å². The van der Waals surface area contributed by atoms with Gasteiger partial charge >= 0.3 is 0 Å². The van der Waals surface area contributed by atoms with E-state index in [-0.39, 0.29) is 0 Å². The monoisotopic (exact) mass is 501 g/mol. The third kappa shape index (κ3) is 26.7. The molecule has 0 aromatic carbocycles. The molecule has 212 valence electrons. The van der Waals surface area contributed by atoms with Crippen LogP contribution in [0.1, 0.15) is 136 Å². The van der Waals surface area contributed by atoms with E-state index in [4.69, 9.17) is 9.47 Å². The molecule has 0 aromatic rings. The van der Waals surface area contributed by atoms with E-state index in [1.807, 2.05) is 0 Å². The molecule has 0 bridgehead atoms. The van der Waals surface area contributed by atoms with Gasteiger partial charge < -0.3 is 19.7 Å². The third-order valence-electron chi connectivity index (χ3n) is 6.67. The number of ether oxygens (including phenoxy) is 2. The first-order valence-corrected chi connectivity index (χ1v) is 15.4. The Kier molecular flexibility index (Phi) is 28.2. The van der Waals surface area contributed by atoms with Crippen molar-refractivity contribution in [3.8, 4) is 0 Å². The van der Waals surface area contributed by atoms with E-state index < -0.39 is 12.2 Å². The first-order chi connectivity index (χ1) is 17.1. The molecule has 5 heteroatoms. The minimum absolute atomic E-state index is 0.380. The van der Waals surface area contributed by atoms with Crippen molar-refractivity contribution >= 4 is 0 Å². The number of hydrogen-bond donors (Lipinski definition) is 2. The van der Waals surface area contributed by atoms with Crippen LogP contribution in [0.2, 0.25) is 0 Å². The summed E-state index contributed by atoms with van der Waals surface area (Å²) < 4.78 is 11.4. The van der Waals surface area contributed by atoms with Crippen molar-refractivity contribution < 1.29 is 19.7 Å². The topological polar surface area (TPSA) is 62.2 Å². The highest BCUT2D eigenvalue weighted by Crippen LogP contribution is 2.11. The van der Waals surface area contributed by atoms with Crippen LogP contribution >= 0.6 is 0 Å². The lowest BCUT2D eigenvalue weighted by molar-refractivity contribution is -0.0113. The van der Waals surface area contributed by atoms with Gasteiger partial charge in [-0.1, -0.05) is 117 Å². The van der Waals surface area contributed by atoms with Gasteiger partial charge in [0.2, 0.25) is 0 Å². The Morgan fingerprint density at radius 1 is 0.486 bits per heavy atom. The molecule has 0 radical (unpaired) electrons. The Morgan fingerprint density at radius 3 is 1.23 bits per heavy atom. The zero-order valence-electron chi connectivity index (χ0n) is 24.0. The summed E-state index contributed by atoms with van der Waals surface area (Å²) in [4.78, 5) is 2.21. The molecule has 0 aliphatic rings. The van der Waals surface area contributed by atoms with Crippen LogP contribution in [0, 0.1) is 0 Å². The maximum Gasteiger partial charge on any atom is 0.0900 e. The van der Waals surface area contributed by atoms with E-state index in [2.05, 4.69) is 25.7 Å². The summed E-state index contributed by atoms with van der Waals surface area (Å²) in [6, 6.07) is 0. The number of hydrogen-bond acceptors (Lipinski definition) is 5. The smallest absolute Gasteiger partial charge is 0.0900 e. The Balaban J connectivity index is 4.17. The summed E-state index contributed by atoms with van der Waals surface area (Å²) in [6.45, 7) is 10.9. The minimum atomic E-state index is -0.508. The average molecular weight is 502 g/mol. The van der Waals surface area contributed by atoms with Crippen LogP contribution < -0.4 is 0 Å². The van der Waals surface area contributed by atoms with Crippen LogP contribution in [0.15, 0.2) is 0 Å². The minimum Gasteiger partial charge on any atom is -0.389 e. The highest BCUT2D eigenvalue weighted by atomic mass is 16.5. The van der Waals surface area contributed by atoms with E-state index in [9.17, 15) is 10.2 Å². The van der Waals surface area contributed by atoms with Crippen LogP contribution in [0.5, 0.6) is 0 Å². The van der Waals surface area contributed by atoms with Crippen molar-refractivity contribution in [2.75, 3.05) is 46.1 Å². The molecule has 0 heterocycles. The summed E-state index contributed by atoms with van der Waals surface area (Å²) in [7, 11) is 0. The van der Waals surface area contributed by atoms with Crippen LogP contribution in [0.25, 0.3) is 0 Å². The quantitative estimate of drug-likeness (QED) is 0.107. The number of aliphatic hydroxyl groups excluding tert-OH is 2. The molecule has 0 fully saturated rings. The van der Waals surface area contributed by atoms with Gasteiger partial charge in [0.1, 0.15) is 0 Å². The Bertz CT molecular complexity index is 373. The van der Waals surface area contributed by atoms with Gasteiger partial charge in [-0.3, -0.25) is 4.90 Å². The second-order valence-electron chi connectivity index (χ2n) is 10.5. The highest BCUT2D eigenvalue weighted by Gasteiger charge is 2.16. The lowest BCUT2D eigenvalue weighted by Crippen LogP contribution is -2.41. The average Bonchev–Trinajstić information content (AvgIpc) is 2.84. The largest absolute Gasteiger partial charge is 0.389 e. The predicted octanol–water partition coefficient (Wildman–Crippen LogP) is 7.12. The summed E-state index contributed by atoms with van der Waals surface area (Å²) in [5.74, 6) is 0. The van der Waals surface area contributed by atoms with Crippen molar-refractivity contribution in [1.29, 1.82) is 0 Å². The molecule has 5 nitrogen and oxygen atoms in total. The highest BCUT2D eigenvalue weighted by molar-refractivity contribution is 4.69. The standard InChI is InChI=1S/C30H63NO4/c1-4-7-10-13-14-15-16-17-18-19-22-31(25-29(32)27-34-23-20-11-8-5-2)26-30(33)28-35-24-21-12-9-6-3/h29-30,32-33H,4-28H2,1-3H3. The van der Waals surface area contributed by atoms with Gasteiger partial charge in [0.05, 0.1) is 25.4 Å². The SMILES string of the molecule is CCCCCCCCCCCCN(CC(O)COCCCCCC)CC(O)COCCCCCC. The molecular formula is C30H63NO4. The normalized spacial score (nSPS) is 13.5. The number of unbranched alkanes of at least 4 members (excludes halogenated alkanes) is 15. The fourth-order valence-corrected chi connectivity index (χ4v) is 4.48. The van der Waals surface area contributed by atoms with Crippen LogP contribution in [-0.2, 0) is 9.47 Å². The fraction of sp³-hybridized carbons (Fsp3) is 1.00. The molecule has 0 spiro atoms. The summed E-state index contributed by atoms with van der Waals surface area (Å²) >= 11 is 0. The molecule has 0 saturated carbocycles. The second kappa shape index (κ2) is 28.4. The van der Waals surface area contributed by atoms with Gasteiger partial charge in [0.15, 0.2) is 0 Å². The van der Waals surface area contributed by atoms with Crippen LogP contribution in [-0.4, -0.2) is 73.4 Å². The van der Waals surface area contributed by atoms with E-state index in [0.717, 1.165) is 39.0 Å². The first-order valence-electron chi connectivity index (χ1n) is 15.4. The van der Waals surface area contributed by atoms with Gasteiger partial charge in [-0.25, -0.2) is 0 Å². The molecule has 0 amide bonds. The van der Waals surface area contributed by atoms with E-state index in [0.29, 0.717) is 26.3 Å². The maximum atomic E-state index is 10.5. The molecule has 2 atom stereocenters. The van der Waals surface area contributed by atoms with Gasteiger partial charge in [0.25, 0.3) is 0 Å². The van der Waals surface area contributed by atoms with Gasteiger partial charge in [-0.05, 0) is 25.8 Å². The van der Waals surface area contributed by atoms with Crippen LogP contribution in [0.4, 0.5) is 0 Å². The summed E-state index contributed by atoms with van der Waals surface area (Å²) in [5, 5.41) is 21.0. The maximum absolute atomic E-state index is 10.5. The molecule has 0 aliphatic carbocycles. The van der Waals surface area contributed by atoms with E-state index >= 15 is 0 Å². The van der Waals surface area contributed by atoms with Crippen molar-refractivity contribution in [3.05, 3.63) is 0 Å². The van der Waals surface area contributed by atoms with Crippen molar-refractivity contribution in [2.24, 2.45) is 0 Å². The molecular weight excluding hydrogens is 438 g/mol. The zero-order chi connectivity index (χ0) is 25.8. The Labute approximate surface area is 219 Å². The number of rotatable bonds is 29. The lowest BCUT2D eigenvalue weighted by Gasteiger charge is -2.27. The number of aliphatic hydroxyl groups is 2. The second-order valence-corrected chi connectivity index (χ2v) is 10.5. The summed E-state index contributed by atoms with van der Waals surface area (Å²) in [5.41, 5.74) is 0. The predicted molar refractivity (Wildman–Crippen MR) is 150 cm³/mol. The molecule has 0 aromatic heterocycles. The van der Waals surface area contributed by atoms with Crippen molar-refractivity contribution in [1.82, 2.24) is 4.90 Å². The van der Waals surface area contributed by atoms with E-state index in [1.54, 1.807) is 0 Å². The van der Waals surface area contributed by atoms with Gasteiger partial charge in [-0.15, -0.1) is 0 Å². The van der Waals surface area contributed by atoms with Gasteiger partial charge in [0, 0.05) is 26.3 Å². The molecule has 0 aliphatic heterocycles. The number of nitrogens with zero attached hydrogens (tertiary/aromatic N) is 1. The Morgan fingerprint density at radius 2 is 0.829 bits per heavy atom. The Hall–Kier alpha value is -0.200. The fourth-order valence-electron chi connectivity index (χ4n) is 4.48.